The fraction of sp³-hybridized carbons (Fsp3) is 0.750. The van der Waals surface area contributed by atoms with Crippen molar-refractivity contribution in [2.75, 3.05) is 26.4 Å². The van der Waals surface area contributed by atoms with E-state index in [0.717, 1.165) is 0 Å². The third-order valence-electron chi connectivity index (χ3n) is 1.06. The number of rotatable bonds is 6. The molecule has 0 spiro atoms. The molecule has 0 radical (unpaired) electrons. The Balaban J connectivity index is 3.16. The van der Waals surface area contributed by atoms with E-state index < -0.39 is 5.97 Å². The van der Waals surface area contributed by atoms with Crippen molar-refractivity contribution in [1.29, 1.82) is 0 Å². The van der Waals surface area contributed by atoms with Crippen LogP contribution < -0.4 is 0 Å². The van der Waals surface area contributed by atoms with Crippen molar-refractivity contribution < 1.29 is 23.8 Å². The van der Waals surface area contributed by atoms with Gasteiger partial charge in [-0.1, -0.05) is 0 Å². The highest BCUT2D eigenvalue weighted by molar-refractivity contribution is 5.70. The van der Waals surface area contributed by atoms with E-state index in [1.54, 1.807) is 6.92 Å². The van der Waals surface area contributed by atoms with Crippen LogP contribution in [0.2, 0.25) is 0 Å². The molecule has 5 nitrogen and oxygen atoms in total. The van der Waals surface area contributed by atoms with Crippen molar-refractivity contribution in [3.63, 3.8) is 0 Å². The van der Waals surface area contributed by atoms with Crippen molar-refractivity contribution in [2.24, 2.45) is 0 Å². The number of hydrogen-bond acceptors (Lipinski definition) is 5. The Kier molecular flexibility index (Phi) is 6.91. The van der Waals surface area contributed by atoms with Gasteiger partial charge in [0, 0.05) is 6.92 Å². The highest BCUT2D eigenvalue weighted by atomic mass is 16.6. The second kappa shape index (κ2) is 7.54. The average molecular weight is 190 g/mol. The Bertz CT molecular complexity index is 166. The lowest BCUT2D eigenvalue weighted by molar-refractivity contribution is -0.150. The third kappa shape index (κ3) is 8.81. The van der Waals surface area contributed by atoms with E-state index in [-0.39, 0.29) is 25.8 Å². The lowest BCUT2D eigenvalue weighted by Crippen LogP contribution is -2.15. The molecule has 13 heavy (non-hydrogen) atoms. The van der Waals surface area contributed by atoms with Gasteiger partial charge in [-0.3, -0.25) is 4.79 Å². The maximum absolute atomic E-state index is 10.7. The Morgan fingerprint density at radius 3 is 2.38 bits per heavy atom. The molecule has 0 heterocycles. The highest BCUT2D eigenvalue weighted by Crippen LogP contribution is 1.83. The minimum Gasteiger partial charge on any atom is -0.464 e. The third-order valence-corrected chi connectivity index (χ3v) is 1.06. The smallest absolute Gasteiger partial charge is 0.332 e. The number of carbonyl (C=O) groups is 2. The SMILES string of the molecule is CCOC(=O)COCCOC(C)=O. The zero-order valence-corrected chi connectivity index (χ0v) is 7.87. The molecule has 0 aliphatic rings. The standard InChI is InChI=1S/C8H14O5/c1-3-12-8(10)6-11-4-5-13-7(2)9/h3-6H2,1-2H3. The maximum atomic E-state index is 10.7. The predicted molar refractivity (Wildman–Crippen MR) is 44.1 cm³/mol. The summed E-state index contributed by atoms with van der Waals surface area (Å²) in [5, 5.41) is 0. The van der Waals surface area contributed by atoms with Crippen LogP contribution in [-0.2, 0) is 23.8 Å². The molecule has 0 unspecified atom stereocenters. The van der Waals surface area contributed by atoms with Crippen LogP contribution in [0.15, 0.2) is 0 Å². The fourth-order valence-electron chi connectivity index (χ4n) is 0.602. The molecule has 5 heteroatoms. The Labute approximate surface area is 77.0 Å². The van der Waals surface area contributed by atoms with E-state index in [1.165, 1.54) is 6.92 Å². The van der Waals surface area contributed by atoms with Gasteiger partial charge in [0.1, 0.15) is 13.2 Å². The summed E-state index contributed by atoms with van der Waals surface area (Å²) in [6.45, 7) is 3.64. The number of hydrogen-bond donors (Lipinski definition) is 0. The van der Waals surface area contributed by atoms with Crippen molar-refractivity contribution in [3.05, 3.63) is 0 Å². The van der Waals surface area contributed by atoms with Gasteiger partial charge >= 0.3 is 11.9 Å². The molecule has 0 N–H and O–H groups in total. The molecule has 0 aliphatic heterocycles. The molecule has 0 aromatic rings. The van der Waals surface area contributed by atoms with Crippen molar-refractivity contribution in [3.8, 4) is 0 Å². The van der Waals surface area contributed by atoms with Gasteiger partial charge in [0.2, 0.25) is 0 Å². The number of carbonyl (C=O) groups excluding carboxylic acids is 2. The first-order valence-electron chi connectivity index (χ1n) is 4.03. The zero-order valence-electron chi connectivity index (χ0n) is 7.87. The molecule has 76 valence electrons. The minimum absolute atomic E-state index is 0.102. The summed E-state index contributed by atoms with van der Waals surface area (Å²) in [6.07, 6.45) is 0. The van der Waals surface area contributed by atoms with Crippen molar-refractivity contribution in [2.45, 2.75) is 13.8 Å². The first-order valence-corrected chi connectivity index (χ1v) is 4.03. The fourth-order valence-corrected chi connectivity index (χ4v) is 0.602. The van der Waals surface area contributed by atoms with Crippen LogP contribution in [0.3, 0.4) is 0 Å². The Morgan fingerprint density at radius 1 is 1.15 bits per heavy atom. The van der Waals surface area contributed by atoms with Crippen LogP contribution in [0, 0.1) is 0 Å². The largest absolute Gasteiger partial charge is 0.464 e. The summed E-state index contributed by atoms with van der Waals surface area (Å²) < 4.78 is 14.0. The van der Waals surface area contributed by atoms with E-state index >= 15 is 0 Å². The molecule has 0 bridgehead atoms. The van der Waals surface area contributed by atoms with Gasteiger partial charge in [-0.15, -0.1) is 0 Å². The molecule has 0 aromatic heterocycles. The first-order chi connectivity index (χ1) is 6.16. The maximum Gasteiger partial charge on any atom is 0.332 e. The quantitative estimate of drug-likeness (QED) is 0.440. The molecular formula is C8H14O5. The molecule has 0 saturated heterocycles. The molecule has 0 fully saturated rings. The minimum atomic E-state index is -0.412. The zero-order chi connectivity index (χ0) is 10.1. The first kappa shape index (κ1) is 11.9. The summed E-state index contributed by atoms with van der Waals surface area (Å²) in [5.74, 6) is -0.773. The van der Waals surface area contributed by atoms with Gasteiger partial charge in [0.25, 0.3) is 0 Å². The lowest BCUT2D eigenvalue weighted by atomic mass is 10.7. The van der Waals surface area contributed by atoms with Gasteiger partial charge in [0.15, 0.2) is 0 Å². The molecule has 0 rings (SSSR count). The van der Waals surface area contributed by atoms with E-state index in [4.69, 9.17) is 4.74 Å². The molecule has 0 atom stereocenters. The van der Waals surface area contributed by atoms with E-state index in [9.17, 15) is 9.59 Å². The van der Waals surface area contributed by atoms with E-state index in [2.05, 4.69) is 9.47 Å². The van der Waals surface area contributed by atoms with Gasteiger partial charge in [-0.2, -0.15) is 0 Å². The van der Waals surface area contributed by atoms with Crippen molar-refractivity contribution >= 4 is 11.9 Å². The number of esters is 2. The molecular weight excluding hydrogens is 176 g/mol. The van der Waals surface area contributed by atoms with Crippen molar-refractivity contribution in [1.82, 2.24) is 0 Å². The topological polar surface area (TPSA) is 61.8 Å². The molecule has 0 aliphatic carbocycles. The Hall–Kier alpha value is -1.10. The van der Waals surface area contributed by atoms with Crippen LogP contribution in [0.5, 0.6) is 0 Å². The Morgan fingerprint density at radius 2 is 1.85 bits per heavy atom. The summed E-state index contributed by atoms with van der Waals surface area (Å²) in [6, 6.07) is 0. The van der Waals surface area contributed by atoms with Crippen LogP contribution in [0.1, 0.15) is 13.8 Å². The molecule has 0 saturated carbocycles. The van der Waals surface area contributed by atoms with Gasteiger partial charge in [-0.25, -0.2) is 4.79 Å². The normalized spacial score (nSPS) is 9.38. The summed E-state index contributed by atoms with van der Waals surface area (Å²) >= 11 is 0. The monoisotopic (exact) mass is 190 g/mol. The lowest BCUT2D eigenvalue weighted by Gasteiger charge is -2.03. The van der Waals surface area contributed by atoms with E-state index in [1.807, 2.05) is 0 Å². The average Bonchev–Trinajstić information content (AvgIpc) is 2.03. The second-order valence-electron chi connectivity index (χ2n) is 2.20. The molecule has 0 aromatic carbocycles. The van der Waals surface area contributed by atoms with Gasteiger partial charge in [0.05, 0.1) is 13.2 Å². The van der Waals surface area contributed by atoms with Gasteiger partial charge in [-0.05, 0) is 6.92 Å². The second-order valence-corrected chi connectivity index (χ2v) is 2.20. The van der Waals surface area contributed by atoms with Gasteiger partial charge < -0.3 is 14.2 Å². The number of ether oxygens (including phenoxy) is 3. The summed E-state index contributed by atoms with van der Waals surface area (Å²) in [4.78, 5) is 21.0. The highest BCUT2D eigenvalue weighted by Gasteiger charge is 2.00. The van der Waals surface area contributed by atoms with E-state index in [0.29, 0.717) is 6.61 Å². The van der Waals surface area contributed by atoms with Crippen LogP contribution in [0.25, 0.3) is 0 Å². The van der Waals surface area contributed by atoms with Crippen LogP contribution in [-0.4, -0.2) is 38.4 Å². The summed E-state index contributed by atoms with van der Waals surface area (Å²) in [7, 11) is 0. The predicted octanol–water partition coefficient (Wildman–Crippen LogP) is 0.129. The molecule has 0 amide bonds. The van der Waals surface area contributed by atoms with Crippen LogP contribution in [0.4, 0.5) is 0 Å². The van der Waals surface area contributed by atoms with Crippen LogP contribution >= 0.6 is 0 Å². The summed E-state index contributed by atoms with van der Waals surface area (Å²) in [5.41, 5.74) is 0.